The minimum Gasteiger partial charge on any atom is -0.371 e. The van der Waals surface area contributed by atoms with Crippen LogP contribution in [0.5, 0.6) is 0 Å². The standard InChI is InChI=1S/C10H10N2O4/c13-8-3-4-16-10(5-8)9-2-1-7(6-11-9)12(14)15/h1-2,6,10H,3-5H2. The molecule has 1 saturated heterocycles. The zero-order valence-electron chi connectivity index (χ0n) is 8.46. The number of nitrogens with zero attached hydrogens (tertiary/aromatic N) is 2. The van der Waals surface area contributed by atoms with Crippen molar-refractivity contribution in [3.8, 4) is 0 Å². The Bertz CT molecular complexity index is 415. The Morgan fingerprint density at radius 2 is 2.31 bits per heavy atom. The molecule has 1 fully saturated rings. The summed E-state index contributed by atoms with van der Waals surface area (Å²) in [5.74, 6) is 0.136. The fourth-order valence-corrected chi connectivity index (χ4v) is 1.57. The van der Waals surface area contributed by atoms with Crippen LogP contribution in [0.25, 0.3) is 0 Å². The zero-order chi connectivity index (χ0) is 11.5. The molecule has 6 heteroatoms. The molecule has 2 heterocycles. The van der Waals surface area contributed by atoms with Crippen molar-refractivity contribution in [2.75, 3.05) is 6.61 Å². The highest BCUT2D eigenvalue weighted by Crippen LogP contribution is 2.25. The maximum atomic E-state index is 11.2. The van der Waals surface area contributed by atoms with Crippen LogP contribution in [0.4, 0.5) is 5.69 Å². The first kappa shape index (κ1) is 10.7. The van der Waals surface area contributed by atoms with Crippen LogP contribution in [-0.2, 0) is 9.53 Å². The molecule has 1 aliphatic heterocycles. The lowest BCUT2D eigenvalue weighted by atomic mass is 10.0. The van der Waals surface area contributed by atoms with Crippen LogP contribution in [0.2, 0.25) is 0 Å². The molecular weight excluding hydrogens is 212 g/mol. The summed E-state index contributed by atoms with van der Waals surface area (Å²) in [5.41, 5.74) is 0.504. The molecule has 0 saturated carbocycles. The molecule has 1 aromatic rings. The number of Topliss-reactive ketones (excluding diaryl/α,β-unsaturated/α-hetero) is 1. The summed E-state index contributed by atoms with van der Waals surface area (Å²) in [6.45, 7) is 0.391. The monoisotopic (exact) mass is 222 g/mol. The molecule has 0 spiro atoms. The number of ether oxygens (including phenoxy) is 1. The highest BCUT2D eigenvalue weighted by Gasteiger charge is 2.23. The zero-order valence-corrected chi connectivity index (χ0v) is 8.46. The average molecular weight is 222 g/mol. The SMILES string of the molecule is O=C1CCOC(c2ccc([N+](=O)[O-])cn2)C1. The van der Waals surface area contributed by atoms with Gasteiger partial charge in [-0.05, 0) is 6.07 Å². The van der Waals surface area contributed by atoms with E-state index in [9.17, 15) is 14.9 Å². The Morgan fingerprint density at radius 1 is 1.50 bits per heavy atom. The van der Waals surface area contributed by atoms with Crippen molar-refractivity contribution in [2.24, 2.45) is 0 Å². The molecule has 2 rings (SSSR count). The molecule has 0 radical (unpaired) electrons. The molecule has 0 N–H and O–H groups in total. The summed E-state index contributed by atoms with van der Waals surface area (Å²) in [4.78, 5) is 25.1. The van der Waals surface area contributed by atoms with Crippen LogP contribution in [0.1, 0.15) is 24.6 Å². The molecule has 0 aliphatic carbocycles. The largest absolute Gasteiger partial charge is 0.371 e. The van der Waals surface area contributed by atoms with Gasteiger partial charge >= 0.3 is 0 Å². The van der Waals surface area contributed by atoms with E-state index >= 15 is 0 Å². The number of pyridine rings is 1. The lowest BCUT2D eigenvalue weighted by Crippen LogP contribution is -2.20. The number of ketones is 1. The third kappa shape index (κ3) is 2.22. The van der Waals surface area contributed by atoms with Gasteiger partial charge in [-0.1, -0.05) is 0 Å². The predicted molar refractivity (Wildman–Crippen MR) is 53.8 cm³/mol. The molecule has 0 aromatic carbocycles. The number of hydrogen-bond acceptors (Lipinski definition) is 5. The van der Waals surface area contributed by atoms with E-state index in [4.69, 9.17) is 4.74 Å². The van der Waals surface area contributed by atoms with Crippen LogP contribution >= 0.6 is 0 Å². The molecular formula is C10H10N2O4. The van der Waals surface area contributed by atoms with Crippen molar-refractivity contribution in [1.82, 2.24) is 4.98 Å². The maximum Gasteiger partial charge on any atom is 0.287 e. The van der Waals surface area contributed by atoms with E-state index in [1.54, 1.807) is 0 Å². The first-order chi connectivity index (χ1) is 7.66. The van der Waals surface area contributed by atoms with Gasteiger partial charge in [-0.2, -0.15) is 0 Å². The van der Waals surface area contributed by atoms with E-state index in [0.717, 1.165) is 0 Å². The van der Waals surface area contributed by atoms with Crippen molar-refractivity contribution < 1.29 is 14.5 Å². The molecule has 84 valence electrons. The van der Waals surface area contributed by atoms with Crippen LogP contribution in [0, 0.1) is 10.1 Å². The summed E-state index contributed by atoms with van der Waals surface area (Å²) < 4.78 is 5.38. The van der Waals surface area contributed by atoms with Crippen LogP contribution < -0.4 is 0 Å². The molecule has 0 bridgehead atoms. The van der Waals surface area contributed by atoms with E-state index in [1.165, 1.54) is 18.3 Å². The topological polar surface area (TPSA) is 82.3 Å². The third-order valence-electron chi connectivity index (χ3n) is 2.42. The van der Waals surface area contributed by atoms with E-state index < -0.39 is 4.92 Å². The van der Waals surface area contributed by atoms with Gasteiger partial charge in [-0.3, -0.25) is 19.9 Å². The number of hydrogen-bond donors (Lipinski definition) is 0. The third-order valence-corrected chi connectivity index (χ3v) is 2.42. The molecule has 6 nitrogen and oxygen atoms in total. The average Bonchev–Trinajstić information content (AvgIpc) is 2.29. The van der Waals surface area contributed by atoms with Gasteiger partial charge < -0.3 is 4.74 Å². The summed E-state index contributed by atoms with van der Waals surface area (Å²) in [6.07, 6.45) is 1.55. The minimum absolute atomic E-state index is 0.0640. The lowest BCUT2D eigenvalue weighted by Gasteiger charge is -2.20. The summed E-state index contributed by atoms with van der Waals surface area (Å²) >= 11 is 0. The van der Waals surface area contributed by atoms with Crippen molar-refractivity contribution >= 4 is 11.5 Å². The van der Waals surface area contributed by atoms with Gasteiger partial charge in [-0.15, -0.1) is 0 Å². The first-order valence-corrected chi connectivity index (χ1v) is 4.90. The number of carbonyl (C=O) groups excluding carboxylic acids is 1. The summed E-state index contributed by atoms with van der Waals surface area (Å²) in [7, 11) is 0. The molecule has 1 atom stereocenters. The summed E-state index contributed by atoms with van der Waals surface area (Å²) in [5, 5.41) is 10.4. The fourth-order valence-electron chi connectivity index (χ4n) is 1.57. The second-order valence-electron chi connectivity index (χ2n) is 3.55. The van der Waals surface area contributed by atoms with Gasteiger partial charge in [0.1, 0.15) is 18.1 Å². The molecule has 1 aliphatic rings. The molecule has 16 heavy (non-hydrogen) atoms. The summed E-state index contributed by atoms with van der Waals surface area (Å²) in [6, 6.07) is 2.90. The highest BCUT2D eigenvalue weighted by atomic mass is 16.6. The number of aromatic nitrogens is 1. The van der Waals surface area contributed by atoms with Gasteiger partial charge in [0.2, 0.25) is 0 Å². The first-order valence-electron chi connectivity index (χ1n) is 4.90. The van der Waals surface area contributed by atoms with Crippen LogP contribution in [-0.4, -0.2) is 22.3 Å². The Morgan fingerprint density at radius 3 is 2.88 bits per heavy atom. The van der Waals surface area contributed by atoms with Gasteiger partial charge in [0, 0.05) is 18.9 Å². The molecule has 0 amide bonds. The Hall–Kier alpha value is -1.82. The second-order valence-corrected chi connectivity index (χ2v) is 3.55. The number of nitro groups is 1. The van der Waals surface area contributed by atoms with Gasteiger partial charge in [0.05, 0.1) is 17.2 Å². The predicted octanol–water partition coefficient (Wildman–Crippen LogP) is 1.41. The smallest absolute Gasteiger partial charge is 0.287 e. The Balaban J connectivity index is 2.14. The van der Waals surface area contributed by atoms with E-state index in [2.05, 4.69) is 4.98 Å². The number of rotatable bonds is 2. The lowest BCUT2D eigenvalue weighted by molar-refractivity contribution is -0.385. The quantitative estimate of drug-likeness (QED) is 0.558. The van der Waals surface area contributed by atoms with E-state index in [-0.39, 0.29) is 17.6 Å². The van der Waals surface area contributed by atoms with Gasteiger partial charge in [0.25, 0.3) is 5.69 Å². The van der Waals surface area contributed by atoms with Crippen molar-refractivity contribution in [1.29, 1.82) is 0 Å². The normalized spacial score (nSPS) is 20.8. The number of carbonyl (C=O) groups is 1. The maximum absolute atomic E-state index is 11.2. The van der Waals surface area contributed by atoms with Gasteiger partial charge in [-0.25, -0.2) is 0 Å². The van der Waals surface area contributed by atoms with Gasteiger partial charge in [0.15, 0.2) is 0 Å². The second kappa shape index (κ2) is 4.36. The molecule has 1 aromatic heterocycles. The van der Waals surface area contributed by atoms with Crippen molar-refractivity contribution in [3.05, 3.63) is 34.1 Å². The Labute approximate surface area is 91.4 Å². The van der Waals surface area contributed by atoms with E-state index in [0.29, 0.717) is 25.1 Å². The van der Waals surface area contributed by atoms with Crippen molar-refractivity contribution in [2.45, 2.75) is 18.9 Å². The van der Waals surface area contributed by atoms with Crippen molar-refractivity contribution in [3.63, 3.8) is 0 Å². The molecule has 1 unspecified atom stereocenters. The minimum atomic E-state index is -0.510. The van der Waals surface area contributed by atoms with Crippen LogP contribution in [0.15, 0.2) is 18.3 Å². The van der Waals surface area contributed by atoms with E-state index in [1.807, 2.05) is 0 Å². The Kier molecular flexibility index (Phi) is 2.91. The highest BCUT2D eigenvalue weighted by molar-refractivity contribution is 5.79. The van der Waals surface area contributed by atoms with Crippen LogP contribution in [0.3, 0.4) is 0 Å². The fraction of sp³-hybridized carbons (Fsp3) is 0.400.